The third-order valence-electron chi connectivity index (χ3n) is 3.71. The average molecular weight is 309 g/mol. The summed E-state index contributed by atoms with van der Waals surface area (Å²) in [5, 5.41) is 6.25. The largest absolute Gasteiger partial charge is 0.352 e. The molecule has 5 heteroatoms. The quantitative estimate of drug-likeness (QED) is 0.846. The van der Waals surface area contributed by atoms with Crippen LogP contribution >= 0.6 is 11.6 Å². The van der Waals surface area contributed by atoms with Gasteiger partial charge < -0.3 is 10.6 Å². The van der Waals surface area contributed by atoms with Gasteiger partial charge in [0.2, 0.25) is 11.8 Å². The van der Waals surface area contributed by atoms with Crippen LogP contribution in [0.5, 0.6) is 0 Å². The fourth-order valence-electron chi connectivity index (χ4n) is 2.38. The summed E-state index contributed by atoms with van der Waals surface area (Å²) in [6.07, 6.45) is 1.64. The molecule has 114 valence electrons. The molecule has 21 heavy (non-hydrogen) atoms. The second kappa shape index (κ2) is 6.94. The summed E-state index contributed by atoms with van der Waals surface area (Å²) in [6.45, 7) is 4.02. The van der Waals surface area contributed by atoms with E-state index in [9.17, 15) is 9.59 Å². The van der Waals surface area contributed by atoms with Crippen LogP contribution in [0.2, 0.25) is 5.02 Å². The van der Waals surface area contributed by atoms with E-state index in [1.54, 1.807) is 0 Å². The monoisotopic (exact) mass is 308 g/mol. The molecule has 0 heterocycles. The number of rotatable bonds is 6. The third-order valence-corrected chi connectivity index (χ3v) is 3.94. The van der Waals surface area contributed by atoms with E-state index in [0.29, 0.717) is 17.4 Å². The van der Waals surface area contributed by atoms with Gasteiger partial charge in [-0.25, -0.2) is 0 Å². The van der Waals surface area contributed by atoms with Crippen LogP contribution in [0.1, 0.15) is 25.8 Å². The van der Waals surface area contributed by atoms with Gasteiger partial charge in [-0.2, -0.15) is 0 Å². The molecule has 2 rings (SSSR count). The van der Waals surface area contributed by atoms with Crippen LogP contribution in [0.25, 0.3) is 0 Å². The molecule has 0 unspecified atom stereocenters. The second-order valence-corrected chi connectivity index (χ2v) is 6.28. The first-order valence-corrected chi connectivity index (χ1v) is 7.65. The number of carbonyl (C=O) groups excluding carboxylic acids is 2. The lowest BCUT2D eigenvalue weighted by Crippen LogP contribution is -2.42. The third kappa shape index (κ3) is 5.05. The Hall–Kier alpha value is -1.55. The maximum Gasteiger partial charge on any atom is 0.239 e. The van der Waals surface area contributed by atoms with Crippen LogP contribution in [0.4, 0.5) is 0 Å². The van der Waals surface area contributed by atoms with E-state index in [1.165, 1.54) is 0 Å². The Morgan fingerprint density at radius 3 is 2.76 bits per heavy atom. The highest BCUT2D eigenvalue weighted by molar-refractivity contribution is 6.30. The Bertz CT molecular complexity index is 533. The Kier molecular flexibility index (Phi) is 5.23. The van der Waals surface area contributed by atoms with E-state index in [1.807, 2.05) is 38.1 Å². The van der Waals surface area contributed by atoms with Crippen LogP contribution in [0.3, 0.4) is 0 Å². The van der Waals surface area contributed by atoms with Crippen LogP contribution in [-0.4, -0.2) is 24.4 Å². The van der Waals surface area contributed by atoms with E-state index in [0.717, 1.165) is 12.0 Å². The van der Waals surface area contributed by atoms with Crippen LogP contribution in [-0.2, 0) is 16.0 Å². The normalized spacial score (nSPS) is 21.5. The van der Waals surface area contributed by atoms with Crippen molar-refractivity contribution in [1.29, 1.82) is 0 Å². The zero-order chi connectivity index (χ0) is 15.4. The molecule has 0 spiro atoms. The average Bonchev–Trinajstić information content (AvgIpc) is 3.13. The lowest BCUT2D eigenvalue weighted by molar-refractivity contribution is -0.127. The number of nitrogens with one attached hydrogen (secondary N) is 2. The smallest absolute Gasteiger partial charge is 0.239 e. The molecule has 1 aliphatic carbocycles. The van der Waals surface area contributed by atoms with Gasteiger partial charge in [0, 0.05) is 17.0 Å². The van der Waals surface area contributed by atoms with Crippen molar-refractivity contribution in [2.75, 3.05) is 6.54 Å². The first-order valence-electron chi connectivity index (χ1n) is 7.27. The van der Waals surface area contributed by atoms with Gasteiger partial charge in [-0.15, -0.1) is 0 Å². The molecule has 0 aliphatic heterocycles. The number of benzene rings is 1. The second-order valence-electron chi connectivity index (χ2n) is 5.84. The molecule has 1 saturated carbocycles. The van der Waals surface area contributed by atoms with Crippen molar-refractivity contribution in [3.8, 4) is 0 Å². The first kappa shape index (κ1) is 15.8. The van der Waals surface area contributed by atoms with E-state index in [-0.39, 0.29) is 30.3 Å². The maximum atomic E-state index is 11.8. The van der Waals surface area contributed by atoms with E-state index in [4.69, 9.17) is 11.6 Å². The van der Waals surface area contributed by atoms with Crippen molar-refractivity contribution in [2.24, 2.45) is 11.8 Å². The molecule has 4 nitrogen and oxygen atoms in total. The SMILES string of the molecule is C[C@H](Cc1cccc(Cl)c1)NC(=O)CNC(=O)[C@@H]1C[C@@H]1C. The summed E-state index contributed by atoms with van der Waals surface area (Å²) in [6, 6.07) is 7.57. The predicted octanol–water partition coefficient (Wildman–Crippen LogP) is 2.16. The summed E-state index contributed by atoms with van der Waals surface area (Å²) < 4.78 is 0. The summed E-state index contributed by atoms with van der Waals surface area (Å²) >= 11 is 5.93. The fraction of sp³-hybridized carbons (Fsp3) is 0.500. The molecule has 0 aromatic heterocycles. The molecule has 1 aliphatic rings. The Morgan fingerprint density at radius 1 is 1.43 bits per heavy atom. The van der Waals surface area contributed by atoms with Gasteiger partial charge in [0.25, 0.3) is 0 Å². The highest BCUT2D eigenvalue weighted by atomic mass is 35.5. The highest BCUT2D eigenvalue weighted by Gasteiger charge is 2.38. The number of hydrogen-bond acceptors (Lipinski definition) is 2. The molecule has 1 aromatic carbocycles. The molecule has 1 fully saturated rings. The molecule has 0 saturated heterocycles. The Morgan fingerprint density at radius 2 is 2.14 bits per heavy atom. The lowest BCUT2D eigenvalue weighted by Gasteiger charge is -2.14. The standard InChI is InChI=1S/C16H21ClN2O2/c1-10-6-14(10)16(21)18-9-15(20)19-11(2)7-12-4-3-5-13(17)8-12/h3-5,8,10-11,14H,6-7,9H2,1-2H3,(H,18,21)(H,19,20)/t10-,11+,14+/m0/s1. The van der Waals surface area contributed by atoms with Gasteiger partial charge in [-0.3, -0.25) is 9.59 Å². The lowest BCUT2D eigenvalue weighted by atomic mass is 10.1. The molecule has 3 atom stereocenters. The molecule has 0 radical (unpaired) electrons. The topological polar surface area (TPSA) is 58.2 Å². The van der Waals surface area contributed by atoms with Gasteiger partial charge in [0.15, 0.2) is 0 Å². The van der Waals surface area contributed by atoms with Crippen molar-refractivity contribution in [1.82, 2.24) is 10.6 Å². The number of carbonyl (C=O) groups is 2. The van der Waals surface area contributed by atoms with Gasteiger partial charge in [0.05, 0.1) is 6.54 Å². The van der Waals surface area contributed by atoms with Crippen molar-refractivity contribution in [3.63, 3.8) is 0 Å². The van der Waals surface area contributed by atoms with Crippen molar-refractivity contribution in [3.05, 3.63) is 34.9 Å². The van der Waals surface area contributed by atoms with E-state index < -0.39 is 0 Å². The number of amides is 2. The number of halogens is 1. The zero-order valence-corrected chi connectivity index (χ0v) is 13.1. The van der Waals surface area contributed by atoms with Gasteiger partial charge in [-0.1, -0.05) is 30.7 Å². The molecule has 2 N–H and O–H groups in total. The van der Waals surface area contributed by atoms with Crippen molar-refractivity contribution in [2.45, 2.75) is 32.7 Å². The predicted molar refractivity (Wildman–Crippen MR) is 83.0 cm³/mol. The minimum Gasteiger partial charge on any atom is -0.352 e. The summed E-state index contributed by atoms with van der Waals surface area (Å²) in [4.78, 5) is 23.4. The summed E-state index contributed by atoms with van der Waals surface area (Å²) in [5.41, 5.74) is 1.08. The highest BCUT2D eigenvalue weighted by Crippen LogP contribution is 2.37. The minimum absolute atomic E-state index is 0.00674. The van der Waals surface area contributed by atoms with Crippen molar-refractivity contribution >= 4 is 23.4 Å². The Labute approximate surface area is 130 Å². The van der Waals surface area contributed by atoms with Crippen LogP contribution < -0.4 is 10.6 Å². The summed E-state index contributed by atoms with van der Waals surface area (Å²) in [5.74, 6) is 0.378. The molecular formula is C16H21ClN2O2. The minimum atomic E-state index is -0.161. The van der Waals surface area contributed by atoms with Crippen molar-refractivity contribution < 1.29 is 9.59 Å². The summed E-state index contributed by atoms with van der Waals surface area (Å²) in [7, 11) is 0. The van der Waals surface area contributed by atoms with E-state index in [2.05, 4.69) is 10.6 Å². The molecule has 1 aromatic rings. The van der Waals surface area contributed by atoms with Gasteiger partial charge >= 0.3 is 0 Å². The molecular weight excluding hydrogens is 288 g/mol. The van der Waals surface area contributed by atoms with Gasteiger partial charge in [-0.05, 0) is 43.4 Å². The van der Waals surface area contributed by atoms with Crippen LogP contribution in [0.15, 0.2) is 24.3 Å². The van der Waals surface area contributed by atoms with Gasteiger partial charge in [0.1, 0.15) is 0 Å². The molecule has 2 amide bonds. The van der Waals surface area contributed by atoms with E-state index >= 15 is 0 Å². The fourth-order valence-corrected chi connectivity index (χ4v) is 2.59. The van der Waals surface area contributed by atoms with Crippen LogP contribution in [0, 0.1) is 11.8 Å². The molecule has 0 bridgehead atoms. The first-order chi connectivity index (χ1) is 9.95. The number of hydrogen-bond donors (Lipinski definition) is 2. The maximum absolute atomic E-state index is 11.8. The Balaban J connectivity index is 1.70. The zero-order valence-electron chi connectivity index (χ0n) is 12.4.